The second-order valence-electron chi connectivity index (χ2n) is 11.3. The van der Waals surface area contributed by atoms with Crippen LogP contribution in [0.5, 0.6) is 0 Å². The minimum absolute atomic E-state index is 0.00863. The first-order valence-corrected chi connectivity index (χ1v) is 13.2. The van der Waals surface area contributed by atoms with E-state index in [0.717, 1.165) is 17.6 Å². The van der Waals surface area contributed by atoms with Gasteiger partial charge in [-0.3, -0.25) is 14.4 Å². The highest BCUT2D eigenvalue weighted by atomic mass is 16.6. The number of imidazole rings is 1. The van der Waals surface area contributed by atoms with Gasteiger partial charge in [-0.2, -0.15) is 0 Å². The Bertz CT molecular complexity index is 1480. The molecule has 0 saturated heterocycles. The average Bonchev–Trinajstić information content (AvgIpc) is 3.30. The maximum Gasteiger partial charge on any atom is 0.410 e. The van der Waals surface area contributed by atoms with Gasteiger partial charge in [0.25, 0.3) is 11.5 Å². The first-order valence-electron chi connectivity index (χ1n) is 13.2. The largest absolute Gasteiger partial charge is 0.436 e. The Kier molecular flexibility index (Phi) is 9.98. The van der Waals surface area contributed by atoms with Crippen molar-refractivity contribution in [2.75, 3.05) is 33.5 Å². The molecule has 3 aromatic heterocycles. The van der Waals surface area contributed by atoms with Crippen LogP contribution in [-0.2, 0) is 27.3 Å². The second kappa shape index (κ2) is 13.2. The van der Waals surface area contributed by atoms with E-state index in [2.05, 4.69) is 46.0 Å². The molecule has 3 heterocycles. The summed E-state index contributed by atoms with van der Waals surface area (Å²) in [4.78, 5) is 69.3. The number of nitrogens with zero attached hydrogens (tertiary/aromatic N) is 6. The summed E-state index contributed by atoms with van der Waals surface area (Å²) >= 11 is 0. The lowest BCUT2D eigenvalue weighted by atomic mass is 9.90. The number of carbonyl (C=O) groups excluding carboxylic acids is 3. The summed E-state index contributed by atoms with van der Waals surface area (Å²) in [7, 11) is 6.25. The first kappa shape index (κ1) is 31.0. The predicted octanol–water partition coefficient (Wildman–Crippen LogP) is 2.58. The molecule has 13 heteroatoms. The number of carbonyl (C=O) groups is 3. The molecule has 0 aliphatic rings. The molecule has 1 atom stereocenters. The van der Waals surface area contributed by atoms with Crippen molar-refractivity contribution in [3.8, 4) is 0 Å². The van der Waals surface area contributed by atoms with Gasteiger partial charge in [0.1, 0.15) is 23.4 Å². The Morgan fingerprint density at radius 1 is 1.15 bits per heavy atom. The molecule has 0 fully saturated rings. The highest BCUT2D eigenvalue weighted by Gasteiger charge is 2.24. The molecule has 3 aromatic rings. The molecule has 0 saturated carbocycles. The highest BCUT2D eigenvalue weighted by molar-refractivity contribution is 5.95. The fourth-order valence-corrected chi connectivity index (χ4v) is 3.82. The van der Waals surface area contributed by atoms with E-state index >= 15 is 0 Å². The van der Waals surface area contributed by atoms with Crippen molar-refractivity contribution < 1.29 is 19.1 Å². The van der Waals surface area contributed by atoms with Gasteiger partial charge in [0, 0.05) is 34.4 Å². The molecule has 2 N–H and O–H groups in total. The van der Waals surface area contributed by atoms with Gasteiger partial charge in [-0.25, -0.2) is 19.7 Å². The number of aromatic nitrogens is 5. The summed E-state index contributed by atoms with van der Waals surface area (Å²) in [6.45, 7) is 6.46. The van der Waals surface area contributed by atoms with Crippen LogP contribution in [0.4, 0.5) is 10.5 Å². The number of rotatable bonds is 10. The lowest BCUT2D eigenvalue weighted by Gasteiger charge is -2.19. The Labute approximate surface area is 238 Å². The number of anilines is 1. The van der Waals surface area contributed by atoms with E-state index in [1.807, 2.05) is 0 Å². The molecule has 1 unspecified atom stereocenters. The van der Waals surface area contributed by atoms with E-state index in [0.29, 0.717) is 17.9 Å². The standard InChI is InChI=1S/C28H38N8O5/c1-28(2,3)15-19-23-24(30-17-29-19)33-21(32-23)16-36-14-10-11-18(26(36)39)31-25(38)20(41-27(40)35(6)7)12-8-9-13-22(37)34(4)5/h9-11,13-14,17,20H,8,12,15-16H2,1-7H3,(H,31,38)(H,29,30,32,33). The quantitative estimate of drug-likeness (QED) is 0.355. The molecule has 0 aliphatic heterocycles. The van der Waals surface area contributed by atoms with Crippen molar-refractivity contribution >= 4 is 34.8 Å². The molecule has 41 heavy (non-hydrogen) atoms. The molecule has 220 valence electrons. The number of fused-ring (bicyclic) bond motifs is 1. The van der Waals surface area contributed by atoms with Crippen LogP contribution in [-0.4, -0.2) is 86.5 Å². The van der Waals surface area contributed by atoms with Crippen LogP contribution in [0.2, 0.25) is 0 Å². The zero-order valence-electron chi connectivity index (χ0n) is 24.6. The van der Waals surface area contributed by atoms with E-state index in [1.54, 1.807) is 32.4 Å². The van der Waals surface area contributed by atoms with Crippen molar-refractivity contribution in [2.24, 2.45) is 5.41 Å². The number of hydrogen-bond donors (Lipinski definition) is 2. The van der Waals surface area contributed by atoms with E-state index in [4.69, 9.17) is 4.74 Å². The van der Waals surface area contributed by atoms with E-state index in [9.17, 15) is 19.2 Å². The van der Waals surface area contributed by atoms with E-state index < -0.39 is 23.7 Å². The molecule has 0 bridgehead atoms. The van der Waals surface area contributed by atoms with Crippen LogP contribution in [0.15, 0.2) is 41.6 Å². The van der Waals surface area contributed by atoms with Crippen molar-refractivity contribution in [1.82, 2.24) is 34.3 Å². The molecule has 13 nitrogen and oxygen atoms in total. The lowest BCUT2D eigenvalue weighted by Crippen LogP contribution is -2.37. The Morgan fingerprint density at radius 3 is 2.54 bits per heavy atom. The highest BCUT2D eigenvalue weighted by Crippen LogP contribution is 2.23. The fraction of sp³-hybridized carbons (Fsp3) is 0.464. The van der Waals surface area contributed by atoms with E-state index in [1.165, 1.54) is 46.9 Å². The number of allylic oxidation sites excluding steroid dienone is 1. The number of likely N-dealkylation sites (N-methyl/N-ethyl adjacent to an activating group) is 1. The average molecular weight is 567 g/mol. The van der Waals surface area contributed by atoms with Gasteiger partial charge < -0.3 is 29.4 Å². The van der Waals surface area contributed by atoms with Crippen LogP contribution in [0.3, 0.4) is 0 Å². The number of H-pyrrole nitrogens is 1. The molecule has 0 aromatic carbocycles. The van der Waals surface area contributed by atoms with Crippen molar-refractivity contribution in [3.63, 3.8) is 0 Å². The number of ether oxygens (including phenoxy) is 1. The van der Waals surface area contributed by atoms with Gasteiger partial charge in [0.2, 0.25) is 5.91 Å². The number of amides is 3. The van der Waals surface area contributed by atoms with Gasteiger partial charge in [0.05, 0.1) is 12.2 Å². The van der Waals surface area contributed by atoms with Crippen molar-refractivity contribution in [1.29, 1.82) is 0 Å². The van der Waals surface area contributed by atoms with Crippen molar-refractivity contribution in [3.05, 3.63) is 58.7 Å². The fourth-order valence-electron chi connectivity index (χ4n) is 3.82. The van der Waals surface area contributed by atoms with Crippen LogP contribution < -0.4 is 10.9 Å². The molecule has 3 amide bonds. The monoisotopic (exact) mass is 566 g/mol. The second-order valence-corrected chi connectivity index (χ2v) is 11.3. The van der Waals surface area contributed by atoms with Gasteiger partial charge in [0.15, 0.2) is 11.8 Å². The van der Waals surface area contributed by atoms with Crippen LogP contribution in [0.1, 0.15) is 45.1 Å². The van der Waals surface area contributed by atoms with Crippen molar-refractivity contribution in [2.45, 2.75) is 52.7 Å². The third kappa shape index (κ3) is 8.72. The summed E-state index contributed by atoms with van der Waals surface area (Å²) < 4.78 is 6.76. The Balaban J connectivity index is 1.78. The molecule has 0 aliphatic carbocycles. The van der Waals surface area contributed by atoms with Gasteiger partial charge in [-0.15, -0.1) is 0 Å². The summed E-state index contributed by atoms with van der Waals surface area (Å²) in [6.07, 6.45) is 5.28. The zero-order valence-corrected chi connectivity index (χ0v) is 24.6. The molecular weight excluding hydrogens is 528 g/mol. The number of aromatic amines is 1. The molecule has 3 rings (SSSR count). The third-order valence-electron chi connectivity index (χ3n) is 5.91. The van der Waals surface area contributed by atoms with Crippen LogP contribution in [0, 0.1) is 5.41 Å². The summed E-state index contributed by atoms with van der Waals surface area (Å²) in [6, 6.07) is 3.10. The van der Waals surface area contributed by atoms with E-state index in [-0.39, 0.29) is 30.0 Å². The SMILES string of the molecule is CN(C)C(=O)C=CCCC(OC(=O)N(C)C)C(=O)Nc1cccn(Cc2nc3ncnc(CC(C)(C)C)c3[nH]2)c1=O. The zero-order chi connectivity index (χ0) is 30.3. The number of nitrogens with one attached hydrogen (secondary N) is 2. The smallest absolute Gasteiger partial charge is 0.410 e. The Morgan fingerprint density at radius 2 is 1.88 bits per heavy atom. The van der Waals surface area contributed by atoms with Crippen LogP contribution in [0.25, 0.3) is 11.2 Å². The molecule has 0 radical (unpaired) electrons. The molecular formula is C28H38N8O5. The summed E-state index contributed by atoms with van der Waals surface area (Å²) in [5.41, 5.74) is 1.64. The Hall–Kier alpha value is -4.55. The number of hydrogen-bond acceptors (Lipinski definition) is 8. The topological polar surface area (TPSA) is 155 Å². The minimum Gasteiger partial charge on any atom is -0.436 e. The van der Waals surface area contributed by atoms with Gasteiger partial charge in [-0.1, -0.05) is 26.8 Å². The first-order chi connectivity index (χ1) is 19.2. The van der Waals surface area contributed by atoms with Gasteiger partial charge >= 0.3 is 6.09 Å². The lowest BCUT2D eigenvalue weighted by molar-refractivity contribution is -0.125. The minimum atomic E-state index is -1.19. The number of pyridine rings is 1. The van der Waals surface area contributed by atoms with Gasteiger partial charge in [-0.05, 0) is 42.9 Å². The summed E-state index contributed by atoms with van der Waals surface area (Å²) in [5.74, 6) is -0.352. The molecule has 0 spiro atoms. The maximum atomic E-state index is 13.2. The summed E-state index contributed by atoms with van der Waals surface area (Å²) in [5, 5.41) is 2.59. The normalized spacial score (nSPS) is 12.4. The van der Waals surface area contributed by atoms with Crippen LogP contribution >= 0.6 is 0 Å². The predicted molar refractivity (Wildman–Crippen MR) is 154 cm³/mol. The third-order valence-corrected chi connectivity index (χ3v) is 5.91. The maximum absolute atomic E-state index is 13.2.